The Labute approximate surface area is 115 Å². The van der Waals surface area contributed by atoms with Crippen molar-refractivity contribution < 1.29 is 19.7 Å². The van der Waals surface area contributed by atoms with Crippen molar-refractivity contribution in [3.63, 3.8) is 0 Å². The van der Waals surface area contributed by atoms with Gasteiger partial charge in [0.25, 0.3) is 0 Å². The lowest BCUT2D eigenvalue weighted by Crippen LogP contribution is -3.20. The Bertz CT molecular complexity index is 365. The number of hydrogen-bond donors (Lipinski definition) is 2. The molecule has 2 rings (SSSR count). The van der Waals surface area contributed by atoms with Gasteiger partial charge in [-0.15, -0.1) is 0 Å². The van der Waals surface area contributed by atoms with Gasteiger partial charge in [0.1, 0.15) is 37.7 Å². The minimum Gasteiger partial charge on any atom is -0.494 e. The lowest BCUT2D eigenvalue weighted by atomic mass is 10.3. The second-order valence-electron chi connectivity index (χ2n) is 4.98. The zero-order valence-corrected chi connectivity index (χ0v) is 11.9. The topological polar surface area (TPSA) is 39.5 Å². The molecule has 1 fully saturated rings. The Morgan fingerprint density at radius 3 is 2.63 bits per heavy atom. The van der Waals surface area contributed by atoms with E-state index in [9.17, 15) is 0 Å². The maximum Gasteiger partial charge on any atom is 0.127 e. The summed E-state index contributed by atoms with van der Waals surface area (Å²) < 4.78 is 11.2. The second-order valence-corrected chi connectivity index (χ2v) is 4.98. The average molecular weight is 266 g/mol. The van der Waals surface area contributed by atoms with Gasteiger partial charge in [-0.3, -0.25) is 0 Å². The van der Waals surface area contributed by atoms with Crippen molar-refractivity contribution in [1.29, 1.82) is 0 Å². The normalized spacial score (nSPS) is 16.3. The molecule has 0 spiro atoms. The minimum absolute atomic E-state index is 0.693. The summed E-state index contributed by atoms with van der Waals surface area (Å²) in [6, 6.07) is 7.90. The van der Waals surface area contributed by atoms with Crippen LogP contribution in [0, 0.1) is 0 Å². The van der Waals surface area contributed by atoms with E-state index in [0.717, 1.165) is 24.5 Å². The third-order valence-electron chi connectivity index (χ3n) is 3.46. The molecule has 0 bridgehead atoms. The lowest BCUT2D eigenvalue weighted by Gasteiger charge is -2.22. The summed E-state index contributed by atoms with van der Waals surface area (Å²) in [5.74, 6) is 1.80. The van der Waals surface area contributed by atoms with Crippen LogP contribution in [0.15, 0.2) is 24.3 Å². The Morgan fingerprint density at radius 1 is 1.16 bits per heavy atom. The van der Waals surface area contributed by atoms with E-state index in [2.05, 4.69) is 5.32 Å². The summed E-state index contributed by atoms with van der Waals surface area (Å²) in [4.78, 5) is 1.72. The first-order valence-electron chi connectivity index (χ1n) is 7.39. The van der Waals surface area contributed by atoms with Gasteiger partial charge in [0, 0.05) is 12.5 Å². The van der Waals surface area contributed by atoms with E-state index >= 15 is 0 Å². The smallest absolute Gasteiger partial charge is 0.127 e. The Balaban J connectivity index is 1.65. The van der Waals surface area contributed by atoms with Crippen LogP contribution in [0.4, 0.5) is 0 Å². The molecule has 0 radical (unpaired) electrons. The van der Waals surface area contributed by atoms with Crippen LogP contribution in [0.1, 0.15) is 13.3 Å². The van der Waals surface area contributed by atoms with Gasteiger partial charge in [-0.2, -0.15) is 0 Å². The molecule has 0 aromatic heterocycles. The lowest BCUT2D eigenvalue weighted by molar-refractivity contribution is -0.946. The highest BCUT2D eigenvalue weighted by Gasteiger charge is 2.14. The van der Waals surface area contributed by atoms with E-state index in [1.165, 1.54) is 32.7 Å². The molecule has 1 saturated heterocycles. The fourth-order valence-electron chi connectivity index (χ4n) is 2.46. The van der Waals surface area contributed by atoms with Crippen molar-refractivity contribution in [1.82, 2.24) is 0 Å². The van der Waals surface area contributed by atoms with Crippen molar-refractivity contribution in [3.05, 3.63) is 24.3 Å². The summed E-state index contributed by atoms with van der Waals surface area (Å²) in [5.41, 5.74) is 0. The Hall–Kier alpha value is -1.26. The molecule has 19 heavy (non-hydrogen) atoms. The van der Waals surface area contributed by atoms with Crippen molar-refractivity contribution in [3.8, 4) is 11.5 Å². The quantitative estimate of drug-likeness (QED) is 0.642. The average Bonchev–Trinajstić information content (AvgIpc) is 2.46. The maximum atomic E-state index is 5.78. The molecule has 1 aromatic carbocycles. The highest BCUT2D eigenvalue weighted by atomic mass is 16.5. The number of ether oxygens (including phenoxy) is 2. The van der Waals surface area contributed by atoms with Gasteiger partial charge in [0.2, 0.25) is 0 Å². The molecule has 0 atom stereocenters. The predicted octanol–water partition coefficient (Wildman–Crippen LogP) is -0.684. The van der Waals surface area contributed by atoms with E-state index in [1.807, 2.05) is 31.2 Å². The molecule has 1 heterocycles. The van der Waals surface area contributed by atoms with Crippen molar-refractivity contribution in [2.24, 2.45) is 0 Å². The van der Waals surface area contributed by atoms with Crippen LogP contribution in [-0.2, 0) is 0 Å². The first kappa shape index (κ1) is 14.2. The second kappa shape index (κ2) is 8.02. The molecule has 0 amide bonds. The third-order valence-corrected chi connectivity index (χ3v) is 3.46. The molecule has 0 unspecified atom stereocenters. The van der Waals surface area contributed by atoms with Crippen LogP contribution in [0.5, 0.6) is 11.5 Å². The summed E-state index contributed by atoms with van der Waals surface area (Å²) in [6.45, 7) is 9.83. The fourth-order valence-corrected chi connectivity index (χ4v) is 2.46. The molecule has 4 nitrogen and oxygen atoms in total. The van der Waals surface area contributed by atoms with Crippen LogP contribution >= 0.6 is 0 Å². The van der Waals surface area contributed by atoms with Gasteiger partial charge in [0.05, 0.1) is 19.8 Å². The predicted molar refractivity (Wildman–Crippen MR) is 74.9 cm³/mol. The van der Waals surface area contributed by atoms with Crippen LogP contribution in [0.2, 0.25) is 0 Å². The molecule has 1 aliphatic rings. The largest absolute Gasteiger partial charge is 0.494 e. The zero-order valence-electron chi connectivity index (χ0n) is 11.9. The van der Waals surface area contributed by atoms with Crippen LogP contribution in [0.25, 0.3) is 0 Å². The summed E-state index contributed by atoms with van der Waals surface area (Å²) in [7, 11) is 0. The van der Waals surface area contributed by atoms with Crippen LogP contribution in [0.3, 0.4) is 0 Å². The van der Waals surface area contributed by atoms with Gasteiger partial charge in [-0.25, -0.2) is 0 Å². The highest BCUT2D eigenvalue weighted by molar-refractivity contribution is 5.32. The van der Waals surface area contributed by atoms with E-state index in [4.69, 9.17) is 9.47 Å². The third kappa shape index (κ3) is 5.09. The number of rotatable bonds is 7. The number of hydrogen-bond acceptors (Lipinski definition) is 2. The van der Waals surface area contributed by atoms with E-state index < -0.39 is 0 Å². The van der Waals surface area contributed by atoms with Crippen molar-refractivity contribution in [2.75, 3.05) is 45.9 Å². The van der Waals surface area contributed by atoms with E-state index in [-0.39, 0.29) is 0 Å². The van der Waals surface area contributed by atoms with Gasteiger partial charge < -0.3 is 19.7 Å². The van der Waals surface area contributed by atoms with Gasteiger partial charge in [-0.05, 0) is 19.1 Å². The molecular formula is C15H26N2O2+2. The number of piperazine rings is 1. The van der Waals surface area contributed by atoms with Gasteiger partial charge in [-0.1, -0.05) is 6.07 Å². The number of quaternary nitrogens is 2. The summed E-state index contributed by atoms with van der Waals surface area (Å²) in [5, 5.41) is 2.40. The molecule has 0 aliphatic carbocycles. The molecule has 106 valence electrons. The summed E-state index contributed by atoms with van der Waals surface area (Å²) in [6.07, 6.45) is 1.12. The molecular weight excluding hydrogens is 240 g/mol. The van der Waals surface area contributed by atoms with Crippen molar-refractivity contribution in [2.45, 2.75) is 13.3 Å². The van der Waals surface area contributed by atoms with Crippen molar-refractivity contribution >= 4 is 0 Å². The molecule has 0 saturated carbocycles. The first-order chi connectivity index (χ1) is 9.38. The highest BCUT2D eigenvalue weighted by Crippen LogP contribution is 2.19. The zero-order chi connectivity index (χ0) is 13.3. The van der Waals surface area contributed by atoms with Crippen LogP contribution < -0.4 is 19.7 Å². The summed E-state index contributed by atoms with van der Waals surface area (Å²) >= 11 is 0. The van der Waals surface area contributed by atoms with Crippen LogP contribution in [-0.4, -0.2) is 45.9 Å². The van der Waals surface area contributed by atoms with Gasteiger partial charge >= 0.3 is 0 Å². The van der Waals surface area contributed by atoms with E-state index in [1.54, 1.807) is 4.90 Å². The molecule has 4 heteroatoms. The fraction of sp³-hybridized carbons (Fsp3) is 0.600. The van der Waals surface area contributed by atoms with E-state index in [0.29, 0.717) is 6.61 Å². The number of nitrogens with two attached hydrogens (primary N) is 1. The number of benzene rings is 1. The molecule has 3 N–H and O–H groups in total. The van der Waals surface area contributed by atoms with Gasteiger partial charge in [0.15, 0.2) is 0 Å². The first-order valence-corrected chi connectivity index (χ1v) is 7.39. The maximum absolute atomic E-state index is 5.78. The molecule has 1 aliphatic heterocycles. The molecule has 1 aromatic rings. The standard InChI is InChI=1S/C15H24N2O2/c1-2-18-14-5-3-6-15(13-14)19-12-4-9-17-10-7-16-8-11-17/h3,5-6,13,16H,2,4,7-12H2,1H3/p+2. The minimum atomic E-state index is 0.693. The monoisotopic (exact) mass is 266 g/mol. The Morgan fingerprint density at radius 2 is 1.89 bits per heavy atom. The number of nitrogens with one attached hydrogen (secondary N) is 1. The Kier molecular flexibility index (Phi) is 5.98. The SMILES string of the molecule is CCOc1cccc(OCCC[NH+]2CC[NH2+]CC2)c1.